The van der Waals surface area contributed by atoms with E-state index >= 15 is 0 Å². The number of nitrogens with zero attached hydrogens (tertiary/aromatic N) is 3. The highest BCUT2D eigenvalue weighted by molar-refractivity contribution is 5.76. The third-order valence-corrected chi connectivity index (χ3v) is 5.05. The van der Waals surface area contributed by atoms with Gasteiger partial charge in [0.1, 0.15) is 6.54 Å². The highest BCUT2D eigenvalue weighted by Crippen LogP contribution is 2.12. The Hall–Kier alpha value is -2.14. The number of nitrogens with one attached hydrogen (secondary N) is 1. The van der Waals surface area contributed by atoms with Gasteiger partial charge in [0.2, 0.25) is 5.91 Å². The van der Waals surface area contributed by atoms with Gasteiger partial charge >= 0.3 is 0 Å². The Morgan fingerprint density at radius 1 is 1.27 bits per heavy atom. The number of hydrogen-bond acceptors (Lipinski definition) is 3. The van der Waals surface area contributed by atoms with Gasteiger partial charge in [-0.25, -0.2) is 0 Å². The van der Waals surface area contributed by atoms with Gasteiger partial charge in [-0.15, -0.1) is 0 Å². The van der Waals surface area contributed by atoms with Crippen molar-refractivity contribution in [3.8, 4) is 0 Å². The number of aromatic nitrogens is 2. The molecule has 1 aromatic carbocycles. The summed E-state index contributed by atoms with van der Waals surface area (Å²) in [6.07, 6.45) is 4.50. The summed E-state index contributed by atoms with van der Waals surface area (Å²) < 4.78 is 1.78. The lowest BCUT2D eigenvalue weighted by Gasteiger charge is -2.33. The molecule has 2 aromatic rings. The van der Waals surface area contributed by atoms with Crippen LogP contribution in [0, 0.1) is 13.8 Å². The number of hydrogen-bond donors (Lipinski definition) is 1. The van der Waals surface area contributed by atoms with Gasteiger partial charge in [-0.1, -0.05) is 30.3 Å². The van der Waals surface area contributed by atoms with Crippen molar-refractivity contribution in [2.24, 2.45) is 0 Å². The fourth-order valence-electron chi connectivity index (χ4n) is 3.77. The Kier molecular flexibility index (Phi) is 6.45. The number of rotatable bonds is 7. The van der Waals surface area contributed by atoms with Crippen molar-refractivity contribution in [2.45, 2.75) is 52.1 Å². The highest BCUT2D eigenvalue weighted by Gasteiger charge is 2.21. The second kappa shape index (κ2) is 8.99. The van der Waals surface area contributed by atoms with Crippen molar-refractivity contribution in [3.05, 3.63) is 53.3 Å². The Morgan fingerprint density at radius 3 is 2.81 bits per heavy atom. The van der Waals surface area contributed by atoms with Crippen molar-refractivity contribution in [1.29, 1.82) is 0 Å². The molecule has 3 rings (SSSR count). The number of piperidine rings is 1. The van der Waals surface area contributed by atoms with Crippen LogP contribution in [0.4, 0.5) is 0 Å². The molecule has 1 N–H and O–H groups in total. The van der Waals surface area contributed by atoms with Crippen LogP contribution in [-0.2, 0) is 17.8 Å². The second-order valence-corrected chi connectivity index (χ2v) is 7.38. The Bertz CT molecular complexity index is 710. The largest absolute Gasteiger partial charge is 0.350 e. The van der Waals surface area contributed by atoms with Gasteiger partial charge in [0.25, 0.3) is 0 Å². The Labute approximate surface area is 156 Å². The molecule has 5 heteroatoms. The first-order chi connectivity index (χ1) is 12.6. The SMILES string of the molecule is Cc1cc(C)n(CC(=O)N[C@H]2CCCN(CCCc3ccccc3)C2)n1. The first-order valence-corrected chi connectivity index (χ1v) is 9.67. The van der Waals surface area contributed by atoms with Crippen molar-refractivity contribution < 1.29 is 4.79 Å². The third kappa shape index (κ3) is 5.43. The molecule has 0 radical (unpaired) electrons. The molecule has 0 saturated carbocycles. The lowest BCUT2D eigenvalue weighted by Crippen LogP contribution is -2.48. The van der Waals surface area contributed by atoms with E-state index in [1.54, 1.807) is 4.68 Å². The van der Waals surface area contributed by atoms with E-state index in [0.717, 1.165) is 56.7 Å². The molecule has 0 spiro atoms. The molecule has 2 heterocycles. The first kappa shape index (κ1) is 18.6. The zero-order valence-corrected chi connectivity index (χ0v) is 15.9. The third-order valence-electron chi connectivity index (χ3n) is 5.05. The van der Waals surface area contributed by atoms with Crippen LogP contribution in [0.3, 0.4) is 0 Å². The molecule has 1 amide bonds. The zero-order chi connectivity index (χ0) is 18.4. The van der Waals surface area contributed by atoms with E-state index in [2.05, 4.69) is 45.6 Å². The Balaban J connectivity index is 1.41. The van der Waals surface area contributed by atoms with Crippen LogP contribution < -0.4 is 5.32 Å². The quantitative estimate of drug-likeness (QED) is 0.832. The maximum absolute atomic E-state index is 12.4. The van der Waals surface area contributed by atoms with Crippen LogP contribution in [0.15, 0.2) is 36.4 Å². The predicted octanol–water partition coefficient (Wildman–Crippen LogP) is 2.71. The molecule has 5 nitrogen and oxygen atoms in total. The summed E-state index contributed by atoms with van der Waals surface area (Å²) >= 11 is 0. The van der Waals surface area contributed by atoms with E-state index in [0.29, 0.717) is 6.54 Å². The summed E-state index contributed by atoms with van der Waals surface area (Å²) in [6, 6.07) is 12.9. The van der Waals surface area contributed by atoms with E-state index in [1.165, 1.54) is 5.56 Å². The molecule has 1 fully saturated rings. The normalized spacial score (nSPS) is 18.0. The van der Waals surface area contributed by atoms with Crippen LogP contribution in [0.2, 0.25) is 0 Å². The van der Waals surface area contributed by atoms with E-state index < -0.39 is 0 Å². The zero-order valence-electron chi connectivity index (χ0n) is 15.9. The fourth-order valence-corrected chi connectivity index (χ4v) is 3.77. The summed E-state index contributed by atoms with van der Waals surface area (Å²) in [5, 5.41) is 7.57. The summed E-state index contributed by atoms with van der Waals surface area (Å²) in [7, 11) is 0. The minimum absolute atomic E-state index is 0.0623. The van der Waals surface area contributed by atoms with Crippen molar-refractivity contribution >= 4 is 5.91 Å². The van der Waals surface area contributed by atoms with Crippen LogP contribution in [0.25, 0.3) is 0 Å². The number of amides is 1. The molecule has 26 heavy (non-hydrogen) atoms. The lowest BCUT2D eigenvalue weighted by molar-refractivity contribution is -0.123. The minimum atomic E-state index is 0.0623. The second-order valence-electron chi connectivity index (χ2n) is 7.38. The van der Waals surface area contributed by atoms with Crippen LogP contribution in [-0.4, -0.2) is 46.3 Å². The monoisotopic (exact) mass is 354 g/mol. The predicted molar refractivity (Wildman–Crippen MR) is 104 cm³/mol. The van der Waals surface area contributed by atoms with E-state index in [9.17, 15) is 4.79 Å². The molecule has 0 unspecified atom stereocenters. The number of benzene rings is 1. The molecule has 1 saturated heterocycles. The molecule has 1 atom stereocenters. The maximum Gasteiger partial charge on any atom is 0.242 e. The fraction of sp³-hybridized carbons (Fsp3) is 0.524. The van der Waals surface area contributed by atoms with E-state index in [1.807, 2.05) is 19.9 Å². The van der Waals surface area contributed by atoms with E-state index in [4.69, 9.17) is 0 Å². The molecule has 0 bridgehead atoms. The average Bonchev–Trinajstić information content (AvgIpc) is 2.93. The number of carbonyl (C=O) groups is 1. The lowest BCUT2D eigenvalue weighted by atomic mass is 10.0. The summed E-state index contributed by atoms with van der Waals surface area (Å²) in [4.78, 5) is 14.8. The van der Waals surface area contributed by atoms with Crippen LogP contribution >= 0.6 is 0 Å². The van der Waals surface area contributed by atoms with Gasteiger partial charge in [0.15, 0.2) is 0 Å². The highest BCUT2D eigenvalue weighted by atomic mass is 16.2. The summed E-state index contributed by atoms with van der Waals surface area (Å²) in [5.74, 6) is 0.0623. The molecular formula is C21H30N4O. The number of likely N-dealkylation sites (tertiary alicyclic amines) is 1. The summed E-state index contributed by atoms with van der Waals surface area (Å²) in [6.45, 7) is 7.44. The van der Waals surface area contributed by atoms with Gasteiger partial charge in [0.05, 0.1) is 5.69 Å². The van der Waals surface area contributed by atoms with Gasteiger partial charge in [-0.2, -0.15) is 5.10 Å². The standard InChI is InChI=1S/C21H30N4O/c1-17-14-18(2)25(23-17)16-21(26)22-20-11-7-13-24(15-20)12-6-10-19-8-4-3-5-9-19/h3-5,8-9,14,20H,6-7,10-13,15-16H2,1-2H3,(H,22,26)/t20-/m0/s1. The van der Waals surface area contributed by atoms with Gasteiger partial charge in [-0.05, 0) is 64.3 Å². The number of aryl methyl sites for hydroxylation is 3. The minimum Gasteiger partial charge on any atom is -0.350 e. The topological polar surface area (TPSA) is 50.2 Å². The molecule has 0 aliphatic carbocycles. The molecular weight excluding hydrogens is 324 g/mol. The number of carbonyl (C=O) groups excluding carboxylic acids is 1. The first-order valence-electron chi connectivity index (χ1n) is 9.67. The van der Waals surface area contributed by atoms with Crippen LogP contribution in [0.5, 0.6) is 0 Å². The van der Waals surface area contributed by atoms with Gasteiger partial charge in [0, 0.05) is 18.3 Å². The maximum atomic E-state index is 12.4. The van der Waals surface area contributed by atoms with Crippen LogP contribution in [0.1, 0.15) is 36.2 Å². The van der Waals surface area contributed by atoms with Crippen molar-refractivity contribution in [2.75, 3.05) is 19.6 Å². The average molecular weight is 354 g/mol. The van der Waals surface area contributed by atoms with Gasteiger partial charge in [-0.3, -0.25) is 9.48 Å². The molecule has 1 aliphatic heterocycles. The Morgan fingerprint density at radius 2 is 2.08 bits per heavy atom. The van der Waals surface area contributed by atoms with Crippen molar-refractivity contribution in [1.82, 2.24) is 20.0 Å². The van der Waals surface area contributed by atoms with Crippen molar-refractivity contribution in [3.63, 3.8) is 0 Å². The molecule has 140 valence electrons. The molecule has 1 aliphatic rings. The van der Waals surface area contributed by atoms with Gasteiger partial charge < -0.3 is 10.2 Å². The smallest absolute Gasteiger partial charge is 0.242 e. The molecule has 1 aromatic heterocycles. The summed E-state index contributed by atoms with van der Waals surface area (Å²) in [5.41, 5.74) is 3.39. The van der Waals surface area contributed by atoms with E-state index in [-0.39, 0.29) is 11.9 Å².